The zero-order chi connectivity index (χ0) is 14.7. The summed E-state index contributed by atoms with van der Waals surface area (Å²) in [5.41, 5.74) is 0.145. The van der Waals surface area contributed by atoms with Crippen LogP contribution >= 0.6 is 0 Å². The zero-order valence-electron chi connectivity index (χ0n) is 11.1. The largest absolute Gasteiger partial charge is 0.424 e. The van der Waals surface area contributed by atoms with Crippen molar-refractivity contribution in [2.45, 2.75) is 5.54 Å². The van der Waals surface area contributed by atoms with E-state index in [1.54, 1.807) is 30.3 Å². The molecule has 102 valence electrons. The number of nitrogens with zero attached hydrogens (tertiary/aromatic N) is 1. The third kappa shape index (κ3) is 2.37. The van der Waals surface area contributed by atoms with Gasteiger partial charge in [0.1, 0.15) is 11.8 Å². The molecule has 1 atom stereocenters. The van der Waals surface area contributed by atoms with E-state index >= 15 is 0 Å². The summed E-state index contributed by atoms with van der Waals surface area (Å²) >= 11 is 0. The van der Waals surface area contributed by atoms with Gasteiger partial charge in [0.15, 0.2) is 0 Å². The number of carbonyl (C=O) groups is 1. The molecular weight excluding hydrogens is 264 g/mol. The first-order valence-electron chi connectivity index (χ1n) is 6.48. The maximum absolute atomic E-state index is 12.4. The molecule has 1 unspecified atom stereocenters. The van der Waals surface area contributed by atoms with Gasteiger partial charge in [-0.15, -0.1) is 0 Å². The number of nitriles is 1. The number of ether oxygens (including phenoxy) is 1. The number of fused-ring (bicyclic) bond motifs is 1. The quantitative estimate of drug-likeness (QED) is 0.676. The van der Waals surface area contributed by atoms with E-state index in [-0.39, 0.29) is 0 Å². The summed E-state index contributed by atoms with van der Waals surface area (Å²) in [4.78, 5) is 12.4. The highest BCUT2D eigenvalue weighted by Gasteiger charge is 2.40. The lowest BCUT2D eigenvalue weighted by Gasteiger charge is -2.27. The van der Waals surface area contributed by atoms with E-state index in [4.69, 9.17) is 4.74 Å². The molecule has 4 heteroatoms. The van der Waals surface area contributed by atoms with Crippen LogP contribution in [0.4, 0.5) is 5.69 Å². The maximum atomic E-state index is 12.4. The van der Waals surface area contributed by atoms with Crippen LogP contribution in [0.5, 0.6) is 5.75 Å². The lowest BCUT2D eigenvalue weighted by Crippen LogP contribution is -2.47. The summed E-state index contributed by atoms with van der Waals surface area (Å²) < 4.78 is 5.29. The molecule has 0 saturated carbocycles. The molecule has 1 N–H and O–H groups in total. The Labute approximate surface area is 122 Å². The molecule has 0 spiro atoms. The minimum absolute atomic E-state index is 0.409. The van der Waals surface area contributed by atoms with E-state index in [2.05, 4.69) is 5.32 Å². The highest BCUT2D eigenvalue weighted by atomic mass is 16.5. The summed E-state index contributed by atoms with van der Waals surface area (Å²) in [7, 11) is 0. The number of esters is 1. The van der Waals surface area contributed by atoms with Crippen LogP contribution < -0.4 is 10.1 Å². The normalized spacial score (nSPS) is 19.0. The van der Waals surface area contributed by atoms with Crippen LogP contribution in [-0.2, 0) is 4.79 Å². The van der Waals surface area contributed by atoms with Crippen LogP contribution in [0.1, 0.15) is 5.56 Å². The van der Waals surface area contributed by atoms with E-state index in [1.165, 1.54) is 6.08 Å². The first-order valence-corrected chi connectivity index (χ1v) is 6.48. The van der Waals surface area contributed by atoms with Gasteiger partial charge in [0, 0.05) is 5.69 Å². The Morgan fingerprint density at radius 3 is 2.57 bits per heavy atom. The molecule has 4 nitrogen and oxygen atoms in total. The second-order valence-electron chi connectivity index (χ2n) is 4.67. The summed E-state index contributed by atoms with van der Waals surface area (Å²) in [6.45, 7) is 0. The van der Waals surface area contributed by atoms with E-state index in [9.17, 15) is 10.1 Å². The van der Waals surface area contributed by atoms with E-state index < -0.39 is 11.5 Å². The molecule has 3 rings (SSSR count). The minimum atomic E-state index is -1.51. The van der Waals surface area contributed by atoms with Gasteiger partial charge < -0.3 is 10.1 Å². The standard InChI is InChI=1S/C17H12N2O2/c18-12-17(16(20)21-14-7-2-1-3-8-14)11-10-13-6-4-5-9-15(13)19-17/h1-11,19H. The second-order valence-corrected chi connectivity index (χ2v) is 4.67. The number of anilines is 1. The Balaban J connectivity index is 1.89. The van der Waals surface area contributed by atoms with Crippen molar-refractivity contribution in [1.82, 2.24) is 0 Å². The van der Waals surface area contributed by atoms with Crippen LogP contribution in [-0.4, -0.2) is 11.5 Å². The number of para-hydroxylation sites is 2. The van der Waals surface area contributed by atoms with Crippen molar-refractivity contribution >= 4 is 17.7 Å². The fraction of sp³-hybridized carbons (Fsp3) is 0.0588. The molecule has 0 fully saturated rings. The number of hydrogen-bond acceptors (Lipinski definition) is 4. The van der Waals surface area contributed by atoms with Gasteiger partial charge in [0.05, 0.1) is 0 Å². The Morgan fingerprint density at radius 1 is 1.10 bits per heavy atom. The van der Waals surface area contributed by atoms with Crippen molar-refractivity contribution < 1.29 is 9.53 Å². The van der Waals surface area contributed by atoms with Gasteiger partial charge in [-0.3, -0.25) is 0 Å². The number of hydrogen-bond donors (Lipinski definition) is 1. The maximum Gasteiger partial charge on any atom is 0.356 e. The fourth-order valence-corrected chi connectivity index (χ4v) is 2.13. The molecule has 2 aromatic carbocycles. The van der Waals surface area contributed by atoms with Crippen LogP contribution in [0.25, 0.3) is 6.08 Å². The summed E-state index contributed by atoms with van der Waals surface area (Å²) in [5.74, 6) is -0.242. The third-order valence-electron chi connectivity index (χ3n) is 3.26. The van der Waals surface area contributed by atoms with Gasteiger partial charge >= 0.3 is 5.97 Å². The van der Waals surface area contributed by atoms with E-state index in [1.807, 2.05) is 36.4 Å². The first-order chi connectivity index (χ1) is 10.2. The molecule has 1 aliphatic heterocycles. The molecule has 1 heterocycles. The van der Waals surface area contributed by atoms with Crippen molar-refractivity contribution in [3.63, 3.8) is 0 Å². The van der Waals surface area contributed by atoms with Crippen molar-refractivity contribution in [3.05, 3.63) is 66.2 Å². The average molecular weight is 276 g/mol. The zero-order valence-corrected chi connectivity index (χ0v) is 11.1. The molecule has 1 aliphatic rings. The van der Waals surface area contributed by atoms with E-state index in [0.29, 0.717) is 5.75 Å². The number of rotatable bonds is 2. The van der Waals surface area contributed by atoms with Crippen molar-refractivity contribution in [3.8, 4) is 11.8 Å². The second kappa shape index (κ2) is 5.14. The minimum Gasteiger partial charge on any atom is -0.424 e. The number of nitrogens with one attached hydrogen (secondary N) is 1. The summed E-state index contributed by atoms with van der Waals surface area (Å²) in [6.07, 6.45) is 3.28. The monoisotopic (exact) mass is 276 g/mol. The highest BCUT2D eigenvalue weighted by molar-refractivity contribution is 5.96. The van der Waals surface area contributed by atoms with Gasteiger partial charge in [-0.1, -0.05) is 42.5 Å². The summed E-state index contributed by atoms with van der Waals surface area (Å²) in [6, 6.07) is 18.2. The molecule has 21 heavy (non-hydrogen) atoms. The Bertz CT molecular complexity index is 747. The van der Waals surface area contributed by atoms with Gasteiger partial charge in [-0.05, 0) is 29.8 Å². The van der Waals surface area contributed by atoms with Gasteiger partial charge in [0.2, 0.25) is 5.54 Å². The van der Waals surface area contributed by atoms with E-state index in [0.717, 1.165) is 11.3 Å². The average Bonchev–Trinajstić information content (AvgIpc) is 2.55. The third-order valence-corrected chi connectivity index (χ3v) is 3.26. The first kappa shape index (κ1) is 12.9. The molecule has 0 aliphatic carbocycles. The lowest BCUT2D eigenvalue weighted by atomic mass is 9.94. The van der Waals surface area contributed by atoms with Crippen molar-refractivity contribution in [2.24, 2.45) is 0 Å². The molecule has 0 radical (unpaired) electrons. The lowest BCUT2D eigenvalue weighted by molar-refractivity contribution is -0.136. The SMILES string of the molecule is N#CC1(C(=O)Oc2ccccc2)C=Cc2ccccc2N1. The van der Waals surface area contributed by atoms with Crippen molar-refractivity contribution in [2.75, 3.05) is 5.32 Å². The molecule has 2 aromatic rings. The molecule has 0 bridgehead atoms. The Morgan fingerprint density at radius 2 is 1.81 bits per heavy atom. The number of carbonyl (C=O) groups excluding carboxylic acids is 1. The number of benzene rings is 2. The van der Waals surface area contributed by atoms with Gasteiger partial charge in [-0.2, -0.15) is 5.26 Å². The van der Waals surface area contributed by atoms with Crippen LogP contribution in [0.3, 0.4) is 0 Å². The Kier molecular flexibility index (Phi) is 3.17. The molecule has 0 aromatic heterocycles. The predicted molar refractivity (Wildman–Crippen MR) is 79.5 cm³/mol. The molecular formula is C17H12N2O2. The smallest absolute Gasteiger partial charge is 0.356 e. The molecule has 0 amide bonds. The van der Waals surface area contributed by atoms with Gasteiger partial charge in [-0.25, -0.2) is 4.79 Å². The predicted octanol–water partition coefficient (Wildman–Crippen LogP) is 2.99. The van der Waals surface area contributed by atoms with Crippen molar-refractivity contribution in [1.29, 1.82) is 5.26 Å². The van der Waals surface area contributed by atoms with Crippen LogP contribution in [0.2, 0.25) is 0 Å². The topological polar surface area (TPSA) is 62.1 Å². The highest BCUT2D eigenvalue weighted by Crippen LogP contribution is 2.29. The fourth-order valence-electron chi connectivity index (χ4n) is 2.13. The van der Waals surface area contributed by atoms with Crippen LogP contribution in [0, 0.1) is 11.3 Å². The van der Waals surface area contributed by atoms with Gasteiger partial charge in [0.25, 0.3) is 0 Å². The Hall–Kier alpha value is -3.06. The molecule has 0 saturated heterocycles. The summed E-state index contributed by atoms with van der Waals surface area (Å²) in [5, 5.41) is 12.4. The van der Waals surface area contributed by atoms with Crippen LogP contribution in [0.15, 0.2) is 60.7 Å².